The van der Waals surface area contributed by atoms with Crippen LogP contribution in [-0.2, 0) is 6.54 Å². The van der Waals surface area contributed by atoms with Crippen LogP contribution in [0.5, 0.6) is 5.75 Å². The Kier molecular flexibility index (Phi) is 4.98. The summed E-state index contributed by atoms with van der Waals surface area (Å²) in [6.07, 6.45) is 4.59. The zero-order valence-electron chi connectivity index (χ0n) is 15.7. The van der Waals surface area contributed by atoms with Gasteiger partial charge in [0.1, 0.15) is 11.6 Å². The van der Waals surface area contributed by atoms with Gasteiger partial charge < -0.3 is 19.9 Å². The minimum Gasteiger partial charge on any atom is -0.497 e. The Morgan fingerprint density at radius 1 is 1.12 bits per heavy atom. The van der Waals surface area contributed by atoms with E-state index in [1.807, 2.05) is 6.20 Å². The maximum absolute atomic E-state index is 5.40. The highest BCUT2D eigenvalue weighted by Crippen LogP contribution is 2.42. The lowest BCUT2D eigenvalue weighted by molar-refractivity contribution is 0.313. The van der Waals surface area contributed by atoms with Crippen LogP contribution in [0.2, 0.25) is 0 Å². The number of methoxy groups -OCH3 is 1. The van der Waals surface area contributed by atoms with Crippen LogP contribution in [0.15, 0.2) is 36.5 Å². The van der Waals surface area contributed by atoms with Crippen molar-refractivity contribution in [1.29, 1.82) is 0 Å². The molecule has 1 saturated carbocycles. The van der Waals surface area contributed by atoms with E-state index in [0.29, 0.717) is 0 Å². The van der Waals surface area contributed by atoms with E-state index in [2.05, 4.69) is 57.5 Å². The largest absolute Gasteiger partial charge is 0.497 e. The molecule has 1 saturated heterocycles. The van der Waals surface area contributed by atoms with Gasteiger partial charge in [-0.1, -0.05) is 6.07 Å². The lowest BCUT2D eigenvalue weighted by atomic mass is 10.0. The number of pyridine rings is 1. The summed E-state index contributed by atoms with van der Waals surface area (Å²) in [6.45, 7) is 5.14. The summed E-state index contributed by atoms with van der Waals surface area (Å²) in [5.41, 5.74) is 3.98. The van der Waals surface area contributed by atoms with Gasteiger partial charge in [-0.05, 0) is 61.2 Å². The Morgan fingerprint density at radius 2 is 1.92 bits per heavy atom. The monoisotopic (exact) mass is 352 g/mol. The van der Waals surface area contributed by atoms with Crippen molar-refractivity contribution in [3.05, 3.63) is 47.7 Å². The molecule has 1 aromatic heterocycles. The van der Waals surface area contributed by atoms with Crippen LogP contribution in [0.4, 0.5) is 11.5 Å². The maximum Gasteiger partial charge on any atom is 0.126 e. The number of hydrogen-bond acceptors (Lipinski definition) is 5. The van der Waals surface area contributed by atoms with Crippen molar-refractivity contribution in [2.24, 2.45) is 0 Å². The molecule has 2 fully saturated rings. The molecule has 1 aliphatic carbocycles. The Bertz CT molecular complexity index is 734. The smallest absolute Gasteiger partial charge is 0.126 e. The van der Waals surface area contributed by atoms with Crippen LogP contribution in [0.25, 0.3) is 0 Å². The second-order valence-electron chi connectivity index (χ2n) is 7.38. The molecule has 1 aliphatic heterocycles. The molecule has 26 heavy (non-hydrogen) atoms. The van der Waals surface area contributed by atoms with E-state index >= 15 is 0 Å². The van der Waals surface area contributed by atoms with E-state index in [0.717, 1.165) is 50.2 Å². The van der Waals surface area contributed by atoms with Crippen molar-refractivity contribution >= 4 is 11.5 Å². The van der Waals surface area contributed by atoms with Crippen molar-refractivity contribution in [2.45, 2.75) is 25.3 Å². The van der Waals surface area contributed by atoms with Gasteiger partial charge in [0, 0.05) is 32.7 Å². The lowest BCUT2D eigenvalue weighted by Crippen LogP contribution is -2.44. The molecular formula is C21H28N4O. The van der Waals surface area contributed by atoms with Gasteiger partial charge in [0.25, 0.3) is 0 Å². The average Bonchev–Trinajstić information content (AvgIpc) is 3.52. The summed E-state index contributed by atoms with van der Waals surface area (Å²) < 4.78 is 5.40. The molecule has 0 spiro atoms. The van der Waals surface area contributed by atoms with E-state index in [4.69, 9.17) is 4.74 Å². The second-order valence-corrected chi connectivity index (χ2v) is 7.38. The number of benzene rings is 1. The summed E-state index contributed by atoms with van der Waals surface area (Å²) in [4.78, 5) is 9.40. The Hall–Kier alpha value is -2.27. The van der Waals surface area contributed by atoms with Gasteiger partial charge in [0.05, 0.1) is 19.0 Å². The molecule has 0 atom stereocenters. The van der Waals surface area contributed by atoms with Gasteiger partial charge in [-0.15, -0.1) is 0 Å². The number of nitrogens with one attached hydrogen (secondary N) is 1. The van der Waals surface area contributed by atoms with Crippen molar-refractivity contribution < 1.29 is 4.74 Å². The maximum atomic E-state index is 5.40. The minimum absolute atomic E-state index is 0.727. The number of hydrogen-bond donors (Lipinski definition) is 1. The van der Waals surface area contributed by atoms with E-state index < -0.39 is 0 Å². The number of anilines is 2. The SMILES string of the molecule is COc1ccc(C2CC2)c(CNc2ccc(N3CCN(C)CC3)cn2)c1. The lowest BCUT2D eigenvalue weighted by Gasteiger charge is -2.33. The fourth-order valence-electron chi connectivity index (χ4n) is 3.58. The Morgan fingerprint density at radius 3 is 2.58 bits per heavy atom. The first kappa shape index (κ1) is 17.2. The van der Waals surface area contributed by atoms with Gasteiger partial charge in [-0.2, -0.15) is 0 Å². The molecule has 0 unspecified atom stereocenters. The van der Waals surface area contributed by atoms with E-state index in [-0.39, 0.29) is 0 Å². The van der Waals surface area contributed by atoms with Crippen LogP contribution in [0.3, 0.4) is 0 Å². The first-order chi connectivity index (χ1) is 12.7. The fraction of sp³-hybridized carbons (Fsp3) is 0.476. The van der Waals surface area contributed by atoms with Gasteiger partial charge in [0.15, 0.2) is 0 Å². The van der Waals surface area contributed by atoms with Gasteiger partial charge in [-0.3, -0.25) is 0 Å². The van der Waals surface area contributed by atoms with E-state index in [1.165, 1.54) is 29.7 Å². The number of ether oxygens (including phenoxy) is 1. The first-order valence-corrected chi connectivity index (χ1v) is 9.53. The average molecular weight is 352 g/mol. The van der Waals surface area contributed by atoms with E-state index in [9.17, 15) is 0 Å². The third kappa shape index (κ3) is 3.93. The van der Waals surface area contributed by atoms with Crippen molar-refractivity contribution in [3.63, 3.8) is 0 Å². The van der Waals surface area contributed by atoms with Crippen molar-refractivity contribution in [2.75, 3.05) is 50.6 Å². The summed E-state index contributed by atoms with van der Waals surface area (Å²) >= 11 is 0. The minimum atomic E-state index is 0.727. The third-order valence-corrected chi connectivity index (χ3v) is 5.44. The molecule has 1 aromatic carbocycles. The predicted molar refractivity (Wildman–Crippen MR) is 106 cm³/mol. The topological polar surface area (TPSA) is 40.6 Å². The number of rotatable bonds is 6. The summed E-state index contributed by atoms with van der Waals surface area (Å²) in [7, 11) is 3.90. The second kappa shape index (κ2) is 7.54. The van der Waals surface area contributed by atoms with Crippen molar-refractivity contribution in [3.8, 4) is 5.75 Å². The van der Waals surface area contributed by atoms with E-state index in [1.54, 1.807) is 7.11 Å². The predicted octanol–water partition coefficient (Wildman–Crippen LogP) is 3.33. The molecule has 0 bridgehead atoms. The Balaban J connectivity index is 1.40. The summed E-state index contributed by atoms with van der Waals surface area (Å²) in [6, 6.07) is 10.7. The van der Waals surface area contributed by atoms with Crippen LogP contribution in [0.1, 0.15) is 29.9 Å². The van der Waals surface area contributed by atoms with Crippen LogP contribution >= 0.6 is 0 Å². The van der Waals surface area contributed by atoms with Crippen LogP contribution < -0.4 is 15.0 Å². The van der Waals surface area contributed by atoms with Crippen molar-refractivity contribution in [1.82, 2.24) is 9.88 Å². The third-order valence-electron chi connectivity index (χ3n) is 5.44. The zero-order chi connectivity index (χ0) is 17.9. The standard InChI is InChI=1S/C21H28N4O/c1-24-9-11-25(12-10-24)18-5-8-21(23-15-18)22-14-17-13-19(26-2)6-7-20(17)16-3-4-16/h5-8,13,15-16H,3-4,9-12,14H2,1-2H3,(H,22,23). The van der Waals surface area contributed by atoms with Gasteiger partial charge >= 0.3 is 0 Å². The fourth-order valence-corrected chi connectivity index (χ4v) is 3.58. The number of aromatic nitrogens is 1. The van der Waals surface area contributed by atoms with Gasteiger partial charge in [-0.25, -0.2) is 4.98 Å². The summed E-state index contributed by atoms with van der Waals surface area (Å²) in [5, 5.41) is 3.48. The highest BCUT2D eigenvalue weighted by Gasteiger charge is 2.26. The zero-order valence-corrected chi connectivity index (χ0v) is 15.7. The normalized spacial score (nSPS) is 18.0. The molecule has 2 heterocycles. The molecular weight excluding hydrogens is 324 g/mol. The molecule has 4 rings (SSSR count). The highest BCUT2D eigenvalue weighted by atomic mass is 16.5. The number of likely N-dealkylation sites (N-methyl/N-ethyl adjacent to an activating group) is 1. The molecule has 0 radical (unpaired) electrons. The summed E-state index contributed by atoms with van der Waals surface area (Å²) in [5.74, 6) is 2.57. The quantitative estimate of drug-likeness (QED) is 0.864. The number of nitrogens with zero attached hydrogens (tertiary/aromatic N) is 3. The molecule has 5 nitrogen and oxygen atoms in total. The molecule has 1 N–H and O–H groups in total. The van der Waals surface area contributed by atoms with Gasteiger partial charge in [0.2, 0.25) is 0 Å². The Labute approximate surface area is 156 Å². The molecule has 138 valence electrons. The molecule has 2 aromatic rings. The van der Waals surface area contributed by atoms with Crippen LogP contribution in [-0.4, -0.2) is 50.2 Å². The number of piperazine rings is 1. The first-order valence-electron chi connectivity index (χ1n) is 9.53. The highest BCUT2D eigenvalue weighted by molar-refractivity contribution is 5.50. The molecule has 0 amide bonds. The molecule has 2 aliphatic rings. The van der Waals surface area contributed by atoms with Crippen LogP contribution in [0, 0.1) is 0 Å². The molecule has 5 heteroatoms.